The molecular formula is C15H18ClN3O2. The van der Waals surface area contributed by atoms with Crippen LogP contribution in [0.5, 0.6) is 0 Å². The maximum atomic E-state index is 12.2. The number of carbonyl (C=O) groups excluding carboxylic acids is 1. The second kappa shape index (κ2) is 6.79. The summed E-state index contributed by atoms with van der Waals surface area (Å²) in [5.74, 6) is 0.0189. The first-order valence-electron chi connectivity index (χ1n) is 6.86. The van der Waals surface area contributed by atoms with Crippen LogP contribution in [-0.4, -0.2) is 42.6 Å². The van der Waals surface area contributed by atoms with E-state index in [1.165, 1.54) is 0 Å². The van der Waals surface area contributed by atoms with E-state index in [0.717, 1.165) is 0 Å². The average molecular weight is 308 g/mol. The van der Waals surface area contributed by atoms with Gasteiger partial charge in [-0.2, -0.15) is 5.26 Å². The molecule has 1 N–H and O–H groups in total. The lowest BCUT2D eigenvalue weighted by Gasteiger charge is -2.35. The molecular weight excluding hydrogens is 290 g/mol. The fourth-order valence-corrected chi connectivity index (χ4v) is 2.55. The minimum Gasteiger partial charge on any atom is -0.376 e. The van der Waals surface area contributed by atoms with E-state index in [1.807, 2.05) is 19.9 Å². The van der Waals surface area contributed by atoms with Crippen molar-refractivity contribution in [3.05, 3.63) is 28.8 Å². The van der Waals surface area contributed by atoms with Crippen LogP contribution in [0, 0.1) is 11.3 Å². The number of benzene rings is 1. The Labute approximate surface area is 129 Å². The molecule has 1 heterocycles. The molecule has 2 rings (SSSR count). The SMILES string of the molecule is C[C@@H]1CN(C(=O)CNc2ccc(Cl)c(C#N)c2)C[C@@H](C)O1. The van der Waals surface area contributed by atoms with Crippen molar-refractivity contribution in [1.29, 1.82) is 5.26 Å². The maximum absolute atomic E-state index is 12.2. The lowest BCUT2D eigenvalue weighted by atomic mass is 10.2. The number of nitrogens with one attached hydrogen (secondary N) is 1. The van der Waals surface area contributed by atoms with Crippen LogP contribution in [0.1, 0.15) is 19.4 Å². The molecule has 0 spiro atoms. The van der Waals surface area contributed by atoms with Gasteiger partial charge in [-0.25, -0.2) is 0 Å². The molecule has 1 aromatic carbocycles. The number of morpholine rings is 1. The molecule has 21 heavy (non-hydrogen) atoms. The van der Waals surface area contributed by atoms with Gasteiger partial charge in [-0.15, -0.1) is 0 Å². The van der Waals surface area contributed by atoms with Crippen molar-refractivity contribution >= 4 is 23.2 Å². The molecule has 0 aliphatic carbocycles. The number of hydrogen-bond donors (Lipinski definition) is 1. The number of hydrogen-bond acceptors (Lipinski definition) is 4. The molecule has 6 heteroatoms. The molecule has 0 aromatic heterocycles. The lowest BCUT2D eigenvalue weighted by Crippen LogP contribution is -2.49. The largest absolute Gasteiger partial charge is 0.376 e. The van der Waals surface area contributed by atoms with Gasteiger partial charge in [-0.05, 0) is 32.0 Å². The van der Waals surface area contributed by atoms with Crippen molar-refractivity contribution in [2.24, 2.45) is 0 Å². The smallest absolute Gasteiger partial charge is 0.242 e. The summed E-state index contributed by atoms with van der Waals surface area (Å²) < 4.78 is 5.61. The second-order valence-corrected chi connectivity index (χ2v) is 5.62. The lowest BCUT2D eigenvalue weighted by molar-refractivity contribution is -0.141. The zero-order valence-corrected chi connectivity index (χ0v) is 12.9. The minimum atomic E-state index is 0.0189. The summed E-state index contributed by atoms with van der Waals surface area (Å²) in [6.45, 7) is 5.32. The third-order valence-electron chi connectivity index (χ3n) is 3.30. The molecule has 1 fully saturated rings. The zero-order valence-electron chi connectivity index (χ0n) is 12.1. The highest BCUT2D eigenvalue weighted by atomic mass is 35.5. The summed E-state index contributed by atoms with van der Waals surface area (Å²) in [4.78, 5) is 14.0. The summed E-state index contributed by atoms with van der Waals surface area (Å²) in [6.07, 6.45) is 0.108. The quantitative estimate of drug-likeness (QED) is 0.930. The van der Waals surface area contributed by atoms with E-state index in [9.17, 15) is 4.79 Å². The minimum absolute atomic E-state index is 0.0189. The second-order valence-electron chi connectivity index (χ2n) is 5.22. The number of ether oxygens (including phenoxy) is 1. The van der Waals surface area contributed by atoms with E-state index < -0.39 is 0 Å². The molecule has 1 aliphatic heterocycles. The highest BCUT2D eigenvalue weighted by molar-refractivity contribution is 6.31. The fraction of sp³-hybridized carbons (Fsp3) is 0.467. The molecule has 0 saturated carbocycles. The molecule has 1 aliphatic rings. The topological polar surface area (TPSA) is 65.4 Å². The monoisotopic (exact) mass is 307 g/mol. The van der Waals surface area contributed by atoms with Gasteiger partial charge in [-0.1, -0.05) is 11.6 Å². The van der Waals surface area contributed by atoms with Gasteiger partial charge in [-0.3, -0.25) is 4.79 Å². The Hall–Kier alpha value is -1.77. The average Bonchev–Trinajstić information content (AvgIpc) is 2.45. The predicted molar refractivity (Wildman–Crippen MR) is 81.2 cm³/mol. The van der Waals surface area contributed by atoms with Crippen LogP contribution < -0.4 is 5.32 Å². The van der Waals surface area contributed by atoms with Crippen molar-refractivity contribution in [2.45, 2.75) is 26.1 Å². The summed E-state index contributed by atoms with van der Waals surface area (Å²) in [5, 5.41) is 12.4. The normalized spacial score (nSPS) is 21.7. The molecule has 1 saturated heterocycles. The fourth-order valence-electron chi connectivity index (χ4n) is 2.39. The van der Waals surface area contributed by atoms with Gasteiger partial charge >= 0.3 is 0 Å². The third kappa shape index (κ3) is 4.10. The summed E-state index contributed by atoms with van der Waals surface area (Å²) in [5.41, 5.74) is 1.10. The van der Waals surface area contributed by atoms with Crippen LogP contribution in [0.4, 0.5) is 5.69 Å². The summed E-state index contributed by atoms with van der Waals surface area (Å²) in [7, 11) is 0. The number of carbonyl (C=O) groups is 1. The van der Waals surface area contributed by atoms with E-state index >= 15 is 0 Å². The molecule has 112 valence electrons. The Kier molecular flexibility index (Phi) is 5.05. The van der Waals surface area contributed by atoms with Crippen LogP contribution >= 0.6 is 11.6 Å². The van der Waals surface area contributed by atoms with Gasteiger partial charge in [0.15, 0.2) is 0 Å². The summed E-state index contributed by atoms with van der Waals surface area (Å²) in [6, 6.07) is 7.05. The Bertz CT molecular complexity index is 561. The highest BCUT2D eigenvalue weighted by Gasteiger charge is 2.25. The first-order chi connectivity index (χ1) is 9.99. The number of rotatable bonds is 3. The van der Waals surface area contributed by atoms with Crippen LogP contribution in [0.3, 0.4) is 0 Å². The van der Waals surface area contributed by atoms with Gasteiger partial charge in [0.2, 0.25) is 5.91 Å². The third-order valence-corrected chi connectivity index (χ3v) is 3.63. The Morgan fingerprint density at radius 1 is 1.48 bits per heavy atom. The molecule has 1 aromatic rings. The summed E-state index contributed by atoms with van der Waals surface area (Å²) >= 11 is 5.87. The van der Waals surface area contributed by atoms with Gasteiger partial charge in [0.25, 0.3) is 0 Å². The maximum Gasteiger partial charge on any atom is 0.242 e. The zero-order chi connectivity index (χ0) is 15.4. The van der Waals surface area contributed by atoms with Gasteiger partial charge in [0, 0.05) is 18.8 Å². The van der Waals surface area contributed by atoms with Gasteiger partial charge in [0.1, 0.15) is 6.07 Å². The number of nitriles is 1. The van der Waals surface area contributed by atoms with Gasteiger partial charge < -0.3 is 15.0 Å². The van der Waals surface area contributed by atoms with Crippen LogP contribution in [0.2, 0.25) is 5.02 Å². The van der Waals surface area contributed by atoms with Crippen LogP contribution in [-0.2, 0) is 9.53 Å². The molecule has 0 unspecified atom stereocenters. The van der Waals surface area contributed by atoms with E-state index in [0.29, 0.717) is 29.4 Å². The Morgan fingerprint density at radius 2 is 2.14 bits per heavy atom. The number of anilines is 1. The number of amides is 1. The number of nitrogens with zero attached hydrogens (tertiary/aromatic N) is 2. The van der Waals surface area contributed by atoms with Crippen LogP contribution in [0.25, 0.3) is 0 Å². The first-order valence-corrected chi connectivity index (χ1v) is 7.24. The van der Waals surface area contributed by atoms with Crippen molar-refractivity contribution in [3.63, 3.8) is 0 Å². The first kappa shape index (κ1) is 15.6. The molecule has 1 amide bonds. The van der Waals surface area contributed by atoms with E-state index in [1.54, 1.807) is 23.1 Å². The molecule has 0 radical (unpaired) electrons. The van der Waals surface area contributed by atoms with Crippen molar-refractivity contribution in [1.82, 2.24) is 4.90 Å². The highest BCUT2D eigenvalue weighted by Crippen LogP contribution is 2.19. The van der Waals surface area contributed by atoms with Crippen LogP contribution in [0.15, 0.2) is 18.2 Å². The Morgan fingerprint density at radius 3 is 2.76 bits per heavy atom. The van der Waals surface area contributed by atoms with Crippen molar-refractivity contribution < 1.29 is 9.53 Å². The predicted octanol–water partition coefficient (Wildman–Crippen LogP) is 2.26. The number of halogens is 1. The van der Waals surface area contributed by atoms with Gasteiger partial charge in [0.05, 0.1) is 29.3 Å². The molecule has 2 atom stereocenters. The van der Waals surface area contributed by atoms with E-state index in [4.69, 9.17) is 21.6 Å². The van der Waals surface area contributed by atoms with Crippen molar-refractivity contribution in [3.8, 4) is 6.07 Å². The Balaban J connectivity index is 1.93. The van der Waals surface area contributed by atoms with Crippen molar-refractivity contribution in [2.75, 3.05) is 25.0 Å². The molecule has 5 nitrogen and oxygen atoms in total. The standard InChI is InChI=1S/C15H18ClN3O2/c1-10-8-19(9-11(2)21-10)15(20)7-18-13-3-4-14(16)12(5-13)6-17/h3-5,10-11,18H,7-9H2,1-2H3/t10-,11-/m1/s1. The molecule has 0 bridgehead atoms. The van der Waals surface area contributed by atoms with E-state index in [-0.39, 0.29) is 24.7 Å². The van der Waals surface area contributed by atoms with E-state index in [2.05, 4.69) is 5.32 Å².